The molecule has 2 aliphatic heterocycles. The number of thiophene rings is 1. The molecule has 3 heterocycles. The van der Waals surface area contributed by atoms with E-state index in [-0.39, 0.29) is 0 Å². The van der Waals surface area contributed by atoms with Gasteiger partial charge in [-0.05, 0) is 90.7 Å². The Morgan fingerprint density at radius 2 is 0.797 bits per heavy atom. The highest BCUT2D eigenvalue weighted by molar-refractivity contribution is 8.00. The van der Waals surface area contributed by atoms with Crippen molar-refractivity contribution in [3.63, 3.8) is 0 Å². The van der Waals surface area contributed by atoms with Crippen molar-refractivity contribution in [1.29, 1.82) is 0 Å². The predicted molar refractivity (Wildman–Crippen MR) is 256 cm³/mol. The maximum Gasteiger partial charge on any atom is 0.0621 e. The van der Waals surface area contributed by atoms with Gasteiger partial charge in [-0.1, -0.05) is 144 Å². The predicted octanol–water partition coefficient (Wildman–Crippen LogP) is 17.2. The van der Waals surface area contributed by atoms with Crippen LogP contribution in [0.25, 0.3) is 63.3 Å². The molecule has 5 heteroatoms. The van der Waals surface area contributed by atoms with Crippen LogP contribution in [0.3, 0.4) is 0 Å². The van der Waals surface area contributed by atoms with Gasteiger partial charge < -0.3 is 9.80 Å². The fourth-order valence-electron chi connectivity index (χ4n) is 9.73. The molecule has 0 unspecified atom stereocenters. The topological polar surface area (TPSA) is 6.48 Å². The molecule has 0 spiro atoms. The first-order valence-corrected chi connectivity index (χ1v) is 22.5. The lowest BCUT2D eigenvalue weighted by Gasteiger charge is -2.37. The molecule has 0 fully saturated rings. The van der Waals surface area contributed by atoms with Crippen LogP contribution in [0.5, 0.6) is 0 Å². The normalized spacial score (nSPS) is 13.4. The Hall–Kier alpha value is -6.24. The van der Waals surface area contributed by atoms with Crippen LogP contribution in [0, 0.1) is 13.8 Å². The number of fused-ring (bicyclic) bond motifs is 14. The molecular weight excluding hydrogens is 773 g/mol. The van der Waals surface area contributed by atoms with E-state index in [1.54, 1.807) is 0 Å². The number of aryl methyl sites for hydroxylation is 2. The van der Waals surface area contributed by atoms with Crippen molar-refractivity contribution in [1.82, 2.24) is 0 Å². The lowest BCUT2D eigenvalue weighted by Crippen LogP contribution is -2.18. The fourth-order valence-corrected chi connectivity index (χ4v) is 13.1. The molecule has 0 saturated heterocycles. The van der Waals surface area contributed by atoms with E-state index in [2.05, 4.69) is 194 Å². The summed E-state index contributed by atoms with van der Waals surface area (Å²) in [6.45, 7) is 4.46. The van der Waals surface area contributed by atoms with E-state index < -0.39 is 0 Å². The molecule has 2 aliphatic rings. The van der Waals surface area contributed by atoms with Crippen LogP contribution in [0.4, 0.5) is 34.1 Å². The van der Waals surface area contributed by atoms with Crippen molar-refractivity contribution < 1.29 is 0 Å². The average molecular weight is 807 g/mol. The van der Waals surface area contributed by atoms with E-state index in [0.717, 1.165) is 0 Å². The van der Waals surface area contributed by atoms with Gasteiger partial charge >= 0.3 is 0 Å². The van der Waals surface area contributed by atoms with Crippen LogP contribution >= 0.6 is 34.9 Å². The maximum absolute atomic E-state index is 2.60. The Labute approximate surface area is 354 Å². The monoisotopic (exact) mass is 806 g/mol. The second-order valence-electron chi connectivity index (χ2n) is 15.8. The van der Waals surface area contributed by atoms with E-state index >= 15 is 0 Å². The second kappa shape index (κ2) is 12.6. The number of anilines is 6. The summed E-state index contributed by atoms with van der Waals surface area (Å²) < 4.78 is 2.67. The minimum atomic E-state index is 1.21. The quantitative estimate of drug-likeness (QED) is 0.127. The lowest BCUT2D eigenvalue weighted by molar-refractivity contribution is 1.17. The van der Waals surface area contributed by atoms with Gasteiger partial charge in [0.1, 0.15) is 0 Å². The first-order valence-electron chi connectivity index (χ1n) is 20.1. The molecule has 278 valence electrons. The van der Waals surface area contributed by atoms with Crippen molar-refractivity contribution in [3.05, 3.63) is 181 Å². The van der Waals surface area contributed by atoms with E-state index in [4.69, 9.17) is 0 Å². The van der Waals surface area contributed by atoms with E-state index in [1.807, 2.05) is 34.9 Å². The number of hydrogen-bond donors (Lipinski definition) is 0. The summed E-state index contributed by atoms with van der Waals surface area (Å²) >= 11 is 5.69. The zero-order valence-electron chi connectivity index (χ0n) is 32.3. The summed E-state index contributed by atoms with van der Waals surface area (Å²) in [6.07, 6.45) is 0. The molecule has 59 heavy (non-hydrogen) atoms. The molecule has 2 nitrogen and oxygen atoms in total. The van der Waals surface area contributed by atoms with Crippen LogP contribution < -0.4 is 9.80 Å². The fraction of sp³-hybridized carbons (Fsp3) is 0.0370. The van der Waals surface area contributed by atoms with Crippen molar-refractivity contribution in [2.75, 3.05) is 9.80 Å². The Morgan fingerprint density at radius 3 is 1.37 bits per heavy atom. The van der Waals surface area contributed by atoms with Crippen molar-refractivity contribution in [2.24, 2.45) is 0 Å². The van der Waals surface area contributed by atoms with E-state index in [9.17, 15) is 0 Å². The third-order valence-corrected chi connectivity index (χ3v) is 15.7. The molecule has 0 atom stereocenters. The van der Waals surface area contributed by atoms with Crippen LogP contribution in [-0.2, 0) is 0 Å². The number of nitrogens with zero attached hydrogens (tertiary/aromatic N) is 2. The Balaban J connectivity index is 1.15. The van der Waals surface area contributed by atoms with Crippen molar-refractivity contribution in [2.45, 2.75) is 33.4 Å². The SMILES string of the molecule is Cc1ccc2c(N3c4ccccc4Sc4cc5c(cc43)sc3c4ccccc4c4ccccc4c53)c3cc(C)ccc3c(N3c4ccccc4Sc4ccccc43)c2c1. The van der Waals surface area contributed by atoms with Crippen LogP contribution in [0.15, 0.2) is 189 Å². The Bertz CT molecular complexity index is 3580. The van der Waals surface area contributed by atoms with Crippen molar-refractivity contribution in [3.8, 4) is 0 Å². The molecule has 0 aliphatic carbocycles. The van der Waals surface area contributed by atoms with Crippen LogP contribution in [0.1, 0.15) is 11.1 Å². The highest BCUT2D eigenvalue weighted by Crippen LogP contribution is 2.60. The van der Waals surface area contributed by atoms with Gasteiger partial charge in [-0.2, -0.15) is 0 Å². The van der Waals surface area contributed by atoms with Crippen molar-refractivity contribution >= 4 is 132 Å². The minimum Gasteiger partial charge on any atom is -0.307 e. The third kappa shape index (κ3) is 4.84. The molecular formula is C54H34N2S3. The summed E-state index contributed by atoms with van der Waals surface area (Å²) in [5.74, 6) is 0. The van der Waals surface area contributed by atoms with Gasteiger partial charge in [0, 0.05) is 66.7 Å². The summed E-state index contributed by atoms with van der Waals surface area (Å²) in [5, 5.41) is 12.9. The summed E-state index contributed by atoms with van der Waals surface area (Å²) in [4.78, 5) is 10.2. The molecule has 1 aromatic heterocycles. The second-order valence-corrected chi connectivity index (χ2v) is 19.0. The smallest absolute Gasteiger partial charge is 0.0621 e. The zero-order valence-corrected chi connectivity index (χ0v) is 34.7. The van der Waals surface area contributed by atoms with Gasteiger partial charge in [0.25, 0.3) is 0 Å². The highest BCUT2D eigenvalue weighted by Gasteiger charge is 2.33. The summed E-state index contributed by atoms with van der Waals surface area (Å²) in [7, 11) is 0. The number of para-hydroxylation sites is 3. The molecule has 10 aromatic carbocycles. The first-order chi connectivity index (χ1) is 29.1. The minimum absolute atomic E-state index is 1.21. The molecule has 0 saturated carbocycles. The van der Waals surface area contributed by atoms with Gasteiger partial charge in [-0.3, -0.25) is 0 Å². The van der Waals surface area contributed by atoms with Gasteiger partial charge in [-0.25, -0.2) is 0 Å². The molecule has 11 aromatic rings. The maximum atomic E-state index is 2.60. The van der Waals surface area contributed by atoms with E-state index in [0.29, 0.717) is 0 Å². The molecule has 13 rings (SSSR count). The number of hydrogen-bond acceptors (Lipinski definition) is 5. The molecule has 0 N–H and O–H groups in total. The summed E-state index contributed by atoms with van der Waals surface area (Å²) in [5.41, 5.74) is 9.79. The van der Waals surface area contributed by atoms with Gasteiger partial charge in [0.05, 0.1) is 34.1 Å². The molecule has 0 bridgehead atoms. The standard InChI is InChI=1S/C54H34N2S3/c1-31-24-26-37-39(27-31)52(55-42-17-7-10-20-46(42)57-47-21-11-8-18-43(47)55)36-25-23-32(2)28-40(36)53(37)56-44-19-9-12-22-48(44)58-50-29-41-49(30-45(50)56)59-54-38-16-6-4-14-34(38)33-13-3-5-15-35(33)51(41)54/h3-30H,1-2H3. The number of benzene rings is 10. The average Bonchev–Trinajstić information content (AvgIpc) is 3.65. The van der Waals surface area contributed by atoms with Crippen LogP contribution in [-0.4, -0.2) is 0 Å². The van der Waals surface area contributed by atoms with Gasteiger partial charge in [-0.15, -0.1) is 11.3 Å². The Morgan fingerprint density at radius 1 is 0.339 bits per heavy atom. The Kier molecular flexibility index (Phi) is 7.21. The first kappa shape index (κ1) is 33.7. The zero-order chi connectivity index (χ0) is 38.9. The van der Waals surface area contributed by atoms with Gasteiger partial charge in [0.15, 0.2) is 0 Å². The molecule has 0 radical (unpaired) electrons. The van der Waals surface area contributed by atoms with Gasteiger partial charge in [0.2, 0.25) is 0 Å². The largest absolute Gasteiger partial charge is 0.307 e. The third-order valence-electron chi connectivity index (χ3n) is 12.2. The lowest BCUT2D eigenvalue weighted by atomic mass is 9.93. The molecule has 0 amide bonds. The highest BCUT2D eigenvalue weighted by atomic mass is 32.2. The van der Waals surface area contributed by atoms with E-state index in [1.165, 1.54) is 128 Å². The van der Waals surface area contributed by atoms with Crippen LogP contribution in [0.2, 0.25) is 0 Å². The number of rotatable bonds is 2. The summed E-state index contributed by atoms with van der Waals surface area (Å²) in [6, 6.07) is 63.8.